The van der Waals surface area contributed by atoms with Crippen molar-refractivity contribution in [1.29, 1.82) is 0 Å². The Hall–Kier alpha value is -2.07. The molecule has 0 saturated heterocycles. The van der Waals surface area contributed by atoms with Crippen LogP contribution in [0.25, 0.3) is 0 Å². The normalized spacial score (nSPS) is 11.8. The van der Waals surface area contributed by atoms with Crippen LogP contribution in [0.5, 0.6) is 0 Å². The Morgan fingerprint density at radius 1 is 1.24 bits per heavy atom. The van der Waals surface area contributed by atoms with Gasteiger partial charge in [0.2, 0.25) is 0 Å². The molecule has 2 aromatic rings. The summed E-state index contributed by atoms with van der Waals surface area (Å²) < 4.78 is 0. The fourth-order valence-electron chi connectivity index (χ4n) is 2.01. The van der Waals surface area contributed by atoms with Gasteiger partial charge in [0.15, 0.2) is 0 Å². The fraction of sp³-hybridized carbons (Fsp3) is 0.250. The molecule has 1 heterocycles. The van der Waals surface area contributed by atoms with Crippen molar-refractivity contribution in [2.75, 3.05) is 19.4 Å². The van der Waals surface area contributed by atoms with E-state index < -0.39 is 0 Å². The first-order chi connectivity index (χ1) is 9.99. The van der Waals surface area contributed by atoms with Gasteiger partial charge in [-0.05, 0) is 42.8 Å². The third-order valence-electron chi connectivity index (χ3n) is 3.19. The first-order valence-electron chi connectivity index (χ1n) is 6.66. The number of amides is 1. The largest absolute Gasteiger partial charge is 0.378 e. The predicted molar refractivity (Wildman–Crippen MR) is 85.7 cm³/mol. The van der Waals surface area contributed by atoms with Crippen LogP contribution in [-0.4, -0.2) is 29.9 Å². The number of halogens is 1. The maximum atomic E-state index is 12.1. The van der Waals surface area contributed by atoms with Crippen LogP contribution in [-0.2, 0) is 0 Å². The number of anilines is 1. The van der Waals surface area contributed by atoms with Crippen molar-refractivity contribution in [3.05, 3.63) is 58.9 Å². The van der Waals surface area contributed by atoms with Crippen LogP contribution in [0.15, 0.2) is 42.7 Å². The van der Waals surface area contributed by atoms with Gasteiger partial charge in [-0.25, -0.2) is 0 Å². The summed E-state index contributed by atoms with van der Waals surface area (Å²) in [6.45, 7) is 2.05. The first kappa shape index (κ1) is 15.3. The molecule has 1 aromatic heterocycles. The lowest BCUT2D eigenvalue weighted by atomic mass is 10.1. The van der Waals surface area contributed by atoms with Crippen molar-refractivity contribution in [2.45, 2.75) is 13.0 Å². The summed E-state index contributed by atoms with van der Waals surface area (Å²) in [5.74, 6) is -0.111. The van der Waals surface area contributed by atoms with Gasteiger partial charge >= 0.3 is 0 Å². The van der Waals surface area contributed by atoms with Crippen molar-refractivity contribution in [3.63, 3.8) is 0 Å². The van der Waals surface area contributed by atoms with E-state index in [9.17, 15) is 4.79 Å². The molecule has 0 radical (unpaired) electrons. The molecule has 110 valence electrons. The monoisotopic (exact) mass is 303 g/mol. The molecule has 0 fully saturated rings. The standard InChI is InChI=1S/C16H18ClN3O/c1-11(12-6-8-18-9-7-12)19-13-4-5-15(17)14(10-13)16(21)20(2)3/h4-11,19H,1-3H3. The highest BCUT2D eigenvalue weighted by molar-refractivity contribution is 6.34. The average Bonchev–Trinajstić information content (AvgIpc) is 2.49. The van der Waals surface area contributed by atoms with Gasteiger partial charge in [-0.15, -0.1) is 0 Å². The van der Waals surface area contributed by atoms with Crippen LogP contribution < -0.4 is 5.32 Å². The average molecular weight is 304 g/mol. The van der Waals surface area contributed by atoms with Crippen LogP contribution >= 0.6 is 11.6 Å². The van der Waals surface area contributed by atoms with Gasteiger partial charge in [0, 0.05) is 38.2 Å². The number of benzene rings is 1. The molecule has 0 bridgehead atoms. The lowest BCUT2D eigenvalue weighted by molar-refractivity contribution is 0.0828. The van der Waals surface area contributed by atoms with Crippen molar-refractivity contribution >= 4 is 23.2 Å². The van der Waals surface area contributed by atoms with Crippen molar-refractivity contribution < 1.29 is 4.79 Å². The second-order valence-electron chi connectivity index (χ2n) is 5.04. The molecule has 0 saturated carbocycles. The SMILES string of the molecule is CC(Nc1ccc(Cl)c(C(=O)N(C)C)c1)c1ccncc1. The van der Waals surface area contributed by atoms with E-state index in [1.807, 2.05) is 18.2 Å². The van der Waals surface area contributed by atoms with E-state index in [4.69, 9.17) is 11.6 Å². The summed E-state index contributed by atoms with van der Waals surface area (Å²) in [5, 5.41) is 3.82. The molecule has 1 atom stereocenters. The minimum Gasteiger partial charge on any atom is -0.378 e. The molecular formula is C16H18ClN3O. The zero-order chi connectivity index (χ0) is 15.4. The molecule has 0 aliphatic heterocycles. The van der Waals surface area contributed by atoms with Crippen LogP contribution in [0.2, 0.25) is 5.02 Å². The molecule has 1 N–H and O–H groups in total. The van der Waals surface area contributed by atoms with Crippen molar-refractivity contribution in [3.8, 4) is 0 Å². The Balaban J connectivity index is 2.22. The first-order valence-corrected chi connectivity index (χ1v) is 7.04. The van der Waals surface area contributed by atoms with E-state index in [1.165, 1.54) is 4.90 Å². The summed E-state index contributed by atoms with van der Waals surface area (Å²) in [6.07, 6.45) is 3.52. The molecule has 0 aliphatic rings. The molecule has 0 spiro atoms. The number of hydrogen-bond acceptors (Lipinski definition) is 3. The Morgan fingerprint density at radius 3 is 2.52 bits per heavy atom. The lowest BCUT2D eigenvalue weighted by Gasteiger charge is -2.17. The number of rotatable bonds is 4. The quantitative estimate of drug-likeness (QED) is 0.938. The maximum absolute atomic E-state index is 12.1. The molecule has 1 unspecified atom stereocenters. The maximum Gasteiger partial charge on any atom is 0.254 e. The van der Waals surface area contributed by atoms with Gasteiger partial charge in [0.1, 0.15) is 0 Å². The van der Waals surface area contributed by atoms with E-state index in [1.54, 1.807) is 38.6 Å². The molecule has 21 heavy (non-hydrogen) atoms. The molecule has 2 rings (SSSR count). The second kappa shape index (κ2) is 6.59. The topological polar surface area (TPSA) is 45.2 Å². The van der Waals surface area contributed by atoms with Crippen LogP contribution in [0.4, 0.5) is 5.69 Å². The highest BCUT2D eigenvalue weighted by Crippen LogP contribution is 2.24. The van der Waals surface area contributed by atoms with E-state index in [0.717, 1.165) is 11.3 Å². The third-order valence-corrected chi connectivity index (χ3v) is 3.52. The molecule has 5 heteroatoms. The number of pyridine rings is 1. The third kappa shape index (κ3) is 3.73. The number of nitrogens with zero attached hydrogens (tertiary/aromatic N) is 2. The minimum atomic E-state index is -0.111. The van der Waals surface area contributed by atoms with Gasteiger partial charge in [-0.3, -0.25) is 9.78 Å². The number of nitrogens with one attached hydrogen (secondary N) is 1. The summed E-state index contributed by atoms with van der Waals surface area (Å²) in [7, 11) is 3.41. The van der Waals surface area contributed by atoms with Crippen LogP contribution in [0.3, 0.4) is 0 Å². The van der Waals surface area contributed by atoms with Gasteiger partial charge in [0.05, 0.1) is 10.6 Å². The lowest BCUT2D eigenvalue weighted by Crippen LogP contribution is -2.22. The molecule has 1 aromatic carbocycles. The fourth-order valence-corrected chi connectivity index (χ4v) is 2.20. The zero-order valence-electron chi connectivity index (χ0n) is 12.3. The number of hydrogen-bond donors (Lipinski definition) is 1. The zero-order valence-corrected chi connectivity index (χ0v) is 13.1. The van der Waals surface area contributed by atoms with E-state index in [0.29, 0.717) is 10.6 Å². The summed E-state index contributed by atoms with van der Waals surface area (Å²) in [5.41, 5.74) is 2.47. The predicted octanol–water partition coefficient (Wildman–Crippen LogP) is 3.61. The van der Waals surface area contributed by atoms with Gasteiger partial charge in [0.25, 0.3) is 5.91 Å². The Labute approximate surface area is 129 Å². The smallest absolute Gasteiger partial charge is 0.254 e. The number of carbonyl (C=O) groups is 1. The Kier molecular flexibility index (Phi) is 4.81. The highest BCUT2D eigenvalue weighted by atomic mass is 35.5. The number of carbonyl (C=O) groups excluding carboxylic acids is 1. The highest BCUT2D eigenvalue weighted by Gasteiger charge is 2.14. The van der Waals surface area contributed by atoms with Crippen LogP contribution in [0, 0.1) is 0 Å². The number of aromatic nitrogens is 1. The molecule has 0 aliphatic carbocycles. The van der Waals surface area contributed by atoms with Crippen molar-refractivity contribution in [2.24, 2.45) is 0 Å². The van der Waals surface area contributed by atoms with Gasteiger partial charge < -0.3 is 10.2 Å². The van der Waals surface area contributed by atoms with Crippen molar-refractivity contribution in [1.82, 2.24) is 9.88 Å². The van der Waals surface area contributed by atoms with Gasteiger partial charge in [-0.1, -0.05) is 11.6 Å². The second-order valence-corrected chi connectivity index (χ2v) is 5.45. The van der Waals surface area contributed by atoms with E-state index in [2.05, 4.69) is 17.2 Å². The molecular weight excluding hydrogens is 286 g/mol. The minimum absolute atomic E-state index is 0.108. The summed E-state index contributed by atoms with van der Waals surface area (Å²) >= 11 is 6.11. The molecule has 1 amide bonds. The van der Waals surface area contributed by atoms with E-state index in [-0.39, 0.29) is 11.9 Å². The summed E-state index contributed by atoms with van der Waals surface area (Å²) in [4.78, 5) is 17.6. The Bertz CT molecular complexity index is 629. The summed E-state index contributed by atoms with van der Waals surface area (Å²) in [6, 6.07) is 9.41. The Morgan fingerprint density at radius 2 is 1.90 bits per heavy atom. The van der Waals surface area contributed by atoms with Gasteiger partial charge in [-0.2, -0.15) is 0 Å². The van der Waals surface area contributed by atoms with E-state index >= 15 is 0 Å². The van der Waals surface area contributed by atoms with Crippen LogP contribution in [0.1, 0.15) is 28.9 Å². The molecule has 4 nitrogen and oxygen atoms in total.